The molecule has 0 atom stereocenters. The van der Waals surface area contributed by atoms with Crippen molar-refractivity contribution in [3.05, 3.63) is 413 Å². The van der Waals surface area contributed by atoms with Gasteiger partial charge in [0.2, 0.25) is 0 Å². The van der Waals surface area contributed by atoms with Gasteiger partial charge >= 0.3 is 0 Å². The molecule has 19 rings (SSSR count). The maximum Gasteiger partial charge on any atom is 0.0619 e. The van der Waals surface area contributed by atoms with E-state index < -0.39 is 0 Å². The lowest BCUT2D eigenvalue weighted by Crippen LogP contribution is -2.14. The molecule has 2 aromatic heterocycles. The number of anilines is 12. The molecule has 490 valence electrons. The fraction of sp³-hybridized carbons (Fsp3) is 0. The van der Waals surface area contributed by atoms with Crippen LogP contribution in [0.4, 0.5) is 68.2 Å². The molecule has 0 saturated heterocycles. The SMILES string of the molecule is c1ccc(N(c2ccc(-c3ccc(N(c4ccccc4)c4ccc5c(c4)c4ccc(-c6cccc(N(c7ccccc7)c7c8ccccc8c(N(c8ccccc8)c8ccccc8)c8ccccc78)c6)cc4n5-c4ccccc4)cc3)cc2)c2ccc3c(c2)c2ccccc2n3-c2ccccc2)cc1. The summed E-state index contributed by atoms with van der Waals surface area (Å²) in [7, 11) is 0. The predicted octanol–water partition coefficient (Wildman–Crippen LogP) is 27.4. The van der Waals surface area contributed by atoms with Gasteiger partial charge in [-0.25, -0.2) is 0 Å². The van der Waals surface area contributed by atoms with Gasteiger partial charge in [-0.15, -0.1) is 0 Å². The first-order chi connectivity index (χ1) is 51.6. The van der Waals surface area contributed by atoms with Gasteiger partial charge in [0.25, 0.3) is 0 Å². The second-order valence-electron chi connectivity index (χ2n) is 26.4. The van der Waals surface area contributed by atoms with Gasteiger partial charge < -0.3 is 28.7 Å². The van der Waals surface area contributed by atoms with Crippen molar-refractivity contribution in [1.29, 1.82) is 0 Å². The molecule has 104 heavy (non-hydrogen) atoms. The van der Waals surface area contributed by atoms with Crippen molar-refractivity contribution in [2.45, 2.75) is 0 Å². The molecular formula is C98H68N6. The normalized spacial score (nSPS) is 11.5. The van der Waals surface area contributed by atoms with Gasteiger partial charge in [0.1, 0.15) is 0 Å². The molecule has 0 N–H and O–H groups in total. The van der Waals surface area contributed by atoms with Crippen LogP contribution in [0.2, 0.25) is 0 Å². The Morgan fingerprint density at radius 1 is 0.144 bits per heavy atom. The van der Waals surface area contributed by atoms with E-state index >= 15 is 0 Å². The Hall–Kier alpha value is -13.9. The molecule has 0 radical (unpaired) electrons. The fourth-order valence-electron chi connectivity index (χ4n) is 15.7. The second-order valence-corrected chi connectivity index (χ2v) is 26.4. The summed E-state index contributed by atoms with van der Waals surface area (Å²) in [4.78, 5) is 9.62. The van der Waals surface area contributed by atoms with Crippen LogP contribution < -0.4 is 19.6 Å². The Morgan fingerprint density at radius 2 is 0.423 bits per heavy atom. The van der Waals surface area contributed by atoms with E-state index in [1.807, 2.05) is 0 Å². The van der Waals surface area contributed by atoms with Crippen molar-refractivity contribution < 1.29 is 0 Å². The van der Waals surface area contributed by atoms with Crippen molar-refractivity contribution in [3.8, 4) is 33.6 Å². The van der Waals surface area contributed by atoms with E-state index in [-0.39, 0.29) is 0 Å². The van der Waals surface area contributed by atoms with Crippen LogP contribution in [-0.2, 0) is 0 Å². The molecule has 19 aromatic rings. The van der Waals surface area contributed by atoms with E-state index in [0.717, 1.165) is 134 Å². The van der Waals surface area contributed by atoms with Gasteiger partial charge in [-0.1, -0.05) is 243 Å². The Labute approximate surface area is 604 Å². The first-order valence-electron chi connectivity index (χ1n) is 35.6. The average Bonchev–Trinajstić information content (AvgIpc) is 0.969. The van der Waals surface area contributed by atoms with Crippen molar-refractivity contribution in [2.24, 2.45) is 0 Å². The number of fused-ring (bicyclic) bond motifs is 8. The van der Waals surface area contributed by atoms with Gasteiger partial charge in [0, 0.05) is 111 Å². The van der Waals surface area contributed by atoms with Crippen LogP contribution >= 0.6 is 0 Å². The molecule has 6 nitrogen and oxygen atoms in total. The summed E-state index contributed by atoms with van der Waals surface area (Å²) in [6, 6.07) is 150. The first kappa shape index (κ1) is 61.2. The number of hydrogen-bond donors (Lipinski definition) is 0. The summed E-state index contributed by atoms with van der Waals surface area (Å²) >= 11 is 0. The van der Waals surface area contributed by atoms with Gasteiger partial charge in [-0.3, -0.25) is 0 Å². The van der Waals surface area contributed by atoms with E-state index in [9.17, 15) is 0 Å². The Kier molecular flexibility index (Phi) is 15.5. The molecular weight excluding hydrogens is 1260 g/mol. The smallest absolute Gasteiger partial charge is 0.0619 e. The highest BCUT2D eigenvalue weighted by atomic mass is 15.2. The van der Waals surface area contributed by atoms with Crippen LogP contribution in [0.3, 0.4) is 0 Å². The molecule has 0 saturated carbocycles. The Balaban J connectivity index is 0.684. The summed E-state index contributed by atoms with van der Waals surface area (Å²) in [6.07, 6.45) is 0. The summed E-state index contributed by atoms with van der Waals surface area (Å²) in [5.74, 6) is 0. The average molecular weight is 1330 g/mol. The van der Waals surface area contributed by atoms with E-state index in [2.05, 4.69) is 441 Å². The van der Waals surface area contributed by atoms with Crippen LogP contribution in [0.15, 0.2) is 413 Å². The molecule has 0 fully saturated rings. The minimum Gasteiger partial charge on any atom is -0.310 e. The summed E-state index contributed by atoms with van der Waals surface area (Å²) in [5.41, 5.74) is 24.4. The van der Waals surface area contributed by atoms with Crippen molar-refractivity contribution >= 4 is 133 Å². The summed E-state index contributed by atoms with van der Waals surface area (Å²) in [5, 5.41) is 9.36. The van der Waals surface area contributed by atoms with Crippen LogP contribution in [-0.4, -0.2) is 9.13 Å². The highest BCUT2D eigenvalue weighted by Gasteiger charge is 2.27. The van der Waals surface area contributed by atoms with Crippen LogP contribution in [0.25, 0.3) is 98.8 Å². The molecule has 0 aliphatic heterocycles. The molecule has 6 heteroatoms. The van der Waals surface area contributed by atoms with Crippen molar-refractivity contribution in [3.63, 3.8) is 0 Å². The summed E-state index contributed by atoms with van der Waals surface area (Å²) < 4.78 is 4.80. The van der Waals surface area contributed by atoms with Gasteiger partial charge in [0.05, 0.1) is 33.4 Å². The number of aromatic nitrogens is 2. The topological polar surface area (TPSA) is 22.8 Å². The van der Waals surface area contributed by atoms with Gasteiger partial charge in [0.15, 0.2) is 0 Å². The molecule has 2 heterocycles. The van der Waals surface area contributed by atoms with E-state index in [0.29, 0.717) is 0 Å². The lowest BCUT2D eigenvalue weighted by molar-refractivity contribution is 1.18. The maximum atomic E-state index is 2.47. The first-order valence-corrected chi connectivity index (χ1v) is 35.6. The summed E-state index contributed by atoms with van der Waals surface area (Å²) in [6.45, 7) is 0. The number of nitrogens with zero attached hydrogens (tertiary/aromatic N) is 6. The Morgan fingerprint density at radius 3 is 0.846 bits per heavy atom. The van der Waals surface area contributed by atoms with Crippen LogP contribution in [0.5, 0.6) is 0 Å². The number of benzene rings is 17. The predicted molar refractivity (Wildman–Crippen MR) is 440 cm³/mol. The standard InChI is InChI=1S/C98H68N6/c1-8-30-73(31-9-1)99(83-60-63-94-91(67-83)85-45-26-27-50-93(85)103(94)78-40-18-6-19-41-78)80-56-51-69(52-57-80)70-53-58-81(59-54-70)100(74-32-10-2-11-33-74)84-61-64-95-92(68-84)86-62-55-72(66-96(86)104(95)79-42-20-7-21-43-79)71-29-28-44-82(65-71)102(77-38-16-5-17-39-77)98-89-48-24-22-46-87(89)97(88-47-23-25-49-90(88)98)101(75-34-12-3-13-35-75)76-36-14-4-15-37-76/h1-68H. The quantitative estimate of drug-likeness (QED) is 0.0710. The Bertz CT molecular complexity index is 6230. The lowest BCUT2D eigenvalue weighted by atomic mass is 9.95. The molecule has 0 amide bonds. The van der Waals surface area contributed by atoms with Crippen molar-refractivity contribution in [2.75, 3.05) is 19.6 Å². The third-order valence-electron chi connectivity index (χ3n) is 20.4. The van der Waals surface area contributed by atoms with Gasteiger partial charge in [-0.2, -0.15) is 0 Å². The van der Waals surface area contributed by atoms with Crippen LogP contribution in [0, 0.1) is 0 Å². The van der Waals surface area contributed by atoms with Crippen LogP contribution in [0.1, 0.15) is 0 Å². The molecule has 0 aliphatic rings. The zero-order valence-electron chi connectivity index (χ0n) is 56.9. The maximum absolute atomic E-state index is 2.47. The minimum absolute atomic E-state index is 1.06. The monoisotopic (exact) mass is 1330 g/mol. The second kappa shape index (κ2) is 26.3. The largest absolute Gasteiger partial charge is 0.310 e. The molecule has 0 unspecified atom stereocenters. The molecule has 0 bridgehead atoms. The highest BCUT2D eigenvalue weighted by Crippen LogP contribution is 2.52. The number of hydrogen-bond acceptors (Lipinski definition) is 4. The zero-order chi connectivity index (χ0) is 68.9. The van der Waals surface area contributed by atoms with E-state index in [4.69, 9.17) is 0 Å². The molecule has 17 aromatic carbocycles. The lowest BCUT2D eigenvalue weighted by Gasteiger charge is -2.33. The molecule has 0 spiro atoms. The van der Waals surface area contributed by atoms with Crippen molar-refractivity contribution in [1.82, 2.24) is 9.13 Å². The highest BCUT2D eigenvalue weighted by molar-refractivity contribution is 6.23. The van der Waals surface area contributed by atoms with E-state index in [1.165, 1.54) is 32.6 Å². The number of para-hydroxylation sites is 8. The zero-order valence-corrected chi connectivity index (χ0v) is 56.9. The van der Waals surface area contributed by atoms with E-state index in [1.54, 1.807) is 0 Å². The minimum atomic E-state index is 1.06. The fourth-order valence-corrected chi connectivity index (χ4v) is 15.7. The molecule has 0 aliphatic carbocycles. The van der Waals surface area contributed by atoms with Gasteiger partial charge in [-0.05, 0) is 192 Å². The third kappa shape index (κ3) is 10.8. The third-order valence-corrected chi connectivity index (χ3v) is 20.4. The number of rotatable bonds is 16.